The van der Waals surface area contributed by atoms with Gasteiger partial charge in [-0.05, 0) is 59.5 Å². The van der Waals surface area contributed by atoms with Crippen LogP contribution in [0.1, 0.15) is 28.3 Å². The molecular weight excluding hydrogens is 438 g/mol. The van der Waals surface area contributed by atoms with E-state index in [4.69, 9.17) is 4.74 Å². The molecule has 0 aromatic heterocycles. The molecule has 174 valence electrons. The number of carbonyl (C=O) groups excluding carboxylic acids is 2. The summed E-state index contributed by atoms with van der Waals surface area (Å²) in [6, 6.07) is 25.4. The maximum Gasteiger partial charge on any atom is 0.300 e. The van der Waals surface area contributed by atoms with Crippen LogP contribution >= 0.6 is 0 Å². The number of methoxy groups -OCH3 is 1. The molecule has 5 nitrogen and oxygen atoms in total. The van der Waals surface area contributed by atoms with Crippen molar-refractivity contribution in [3.63, 3.8) is 0 Å². The highest BCUT2D eigenvalue weighted by Crippen LogP contribution is 2.44. The van der Waals surface area contributed by atoms with Crippen molar-refractivity contribution in [3.8, 4) is 5.75 Å². The van der Waals surface area contributed by atoms with Crippen molar-refractivity contribution in [3.05, 3.63) is 113 Å². The molecule has 1 unspecified atom stereocenters. The monoisotopic (exact) mass is 463 g/mol. The van der Waals surface area contributed by atoms with E-state index in [0.717, 1.165) is 21.9 Å². The number of aliphatic hydroxyl groups excluding tert-OH is 1. The van der Waals surface area contributed by atoms with E-state index in [1.165, 1.54) is 4.90 Å². The number of nitrogens with zero attached hydrogens (tertiary/aromatic N) is 1. The molecule has 1 N–H and O–H groups in total. The maximum absolute atomic E-state index is 13.5. The average molecular weight is 464 g/mol. The number of ketones is 1. The Balaban J connectivity index is 1.81. The standard InChI is InChI=1S/C30H25NO4/c1-18-14-15-19(2)25(16-18)31-27(21-10-6-11-22(17-21)35-3)26(29(33)30(31)34)28(32)24-13-7-9-20-8-4-5-12-23(20)24/h4-17,27,32H,1-3H3/b28-26-. The van der Waals surface area contributed by atoms with Crippen LogP contribution in [-0.2, 0) is 9.59 Å². The Hall–Kier alpha value is -4.38. The Morgan fingerprint density at radius 2 is 1.63 bits per heavy atom. The third kappa shape index (κ3) is 3.75. The second-order valence-electron chi connectivity index (χ2n) is 8.76. The van der Waals surface area contributed by atoms with E-state index >= 15 is 0 Å². The zero-order valence-electron chi connectivity index (χ0n) is 19.8. The van der Waals surface area contributed by atoms with Crippen molar-refractivity contribution < 1.29 is 19.4 Å². The number of hydrogen-bond donors (Lipinski definition) is 1. The summed E-state index contributed by atoms with van der Waals surface area (Å²) in [6.07, 6.45) is 0. The molecule has 35 heavy (non-hydrogen) atoms. The fourth-order valence-corrected chi connectivity index (χ4v) is 4.76. The van der Waals surface area contributed by atoms with Crippen molar-refractivity contribution in [2.45, 2.75) is 19.9 Å². The highest BCUT2D eigenvalue weighted by atomic mass is 16.5. The van der Waals surface area contributed by atoms with E-state index < -0.39 is 17.7 Å². The molecular formula is C30H25NO4. The van der Waals surface area contributed by atoms with Crippen LogP contribution in [0, 0.1) is 13.8 Å². The third-order valence-electron chi connectivity index (χ3n) is 6.52. The molecule has 5 rings (SSSR count). The van der Waals surface area contributed by atoms with Crippen LogP contribution < -0.4 is 9.64 Å². The van der Waals surface area contributed by atoms with Crippen molar-refractivity contribution in [2.24, 2.45) is 0 Å². The molecule has 1 fully saturated rings. The number of Topliss-reactive ketones (excluding diaryl/α,β-unsaturated/α-hetero) is 1. The Kier molecular flexibility index (Phi) is 5.61. The highest BCUT2D eigenvalue weighted by molar-refractivity contribution is 6.52. The first-order valence-electron chi connectivity index (χ1n) is 11.4. The van der Waals surface area contributed by atoms with E-state index in [-0.39, 0.29) is 11.3 Å². The second-order valence-corrected chi connectivity index (χ2v) is 8.76. The molecule has 0 saturated carbocycles. The molecule has 5 heteroatoms. The minimum atomic E-state index is -0.815. The summed E-state index contributed by atoms with van der Waals surface area (Å²) >= 11 is 0. The van der Waals surface area contributed by atoms with Crippen LogP contribution in [0.3, 0.4) is 0 Å². The van der Waals surface area contributed by atoms with Crippen molar-refractivity contribution in [2.75, 3.05) is 12.0 Å². The second kappa shape index (κ2) is 8.76. The fraction of sp³-hybridized carbons (Fsp3) is 0.133. The van der Waals surface area contributed by atoms with Gasteiger partial charge < -0.3 is 9.84 Å². The van der Waals surface area contributed by atoms with Gasteiger partial charge in [0.15, 0.2) is 0 Å². The molecule has 1 aliphatic heterocycles. The Bertz CT molecular complexity index is 1510. The van der Waals surface area contributed by atoms with Gasteiger partial charge in [0.05, 0.1) is 18.7 Å². The molecule has 0 spiro atoms. The van der Waals surface area contributed by atoms with Crippen LogP contribution in [0.25, 0.3) is 16.5 Å². The summed E-state index contributed by atoms with van der Waals surface area (Å²) in [6.45, 7) is 3.84. The smallest absolute Gasteiger partial charge is 0.300 e. The van der Waals surface area contributed by atoms with Crippen molar-refractivity contribution in [1.82, 2.24) is 0 Å². The van der Waals surface area contributed by atoms with Crippen molar-refractivity contribution in [1.29, 1.82) is 0 Å². The number of amides is 1. The minimum Gasteiger partial charge on any atom is -0.507 e. The lowest BCUT2D eigenvalue weighted by molar-refractivity contribution is -0.132. The lowest BCUT2D eigenvalue weighted by atomic mass is 9.93. The molecule has 0 bridgehead atoms. The molecule has 4 aromatic carbocycles. The number of benzene rings is 4. The third-order valence-corrected chi connectivity index (χ3v) is 6.52. The summed E-state index contributed by atoms with van der Waals surface area (Å²) in [5.74, 6) is -0.988. The molecule has 1 heterocycles. The summed E-state index contributed by atoms with van der Waals surface area (Å²) in [5.41, 5.74) is 3.69. The van der Waals surface area contributed by atoms with Gasteiger partial charge in [-0.2, -0.15) is 0 Å². The van der Waals surface area contributed by atoms with Gasteiger partial charge in [0.25, 0.3) is 11.7 Å². The number of rotatable bonds is 4. The summed E-state index contributed by atoms with van der Waals surface area (Å²) in [4.78, 5) is 28.5. The molecule has 1 aliphatic rings. The number of hydrogen-bond acceptors (Lipinski definition) is 4. The quantitative estimate of drug-likeness (QED) is 0.226. The van der Waals surface area contributed by atoms with Crippen LogP contribution in [0.2, 0.25) is 0 Å². The minimum absolute atomic E-state index is 0.0560. The highest BCUT2D eigenvalue weighted by Gasteiger charge is 2.47. The largest absolute Gasteiger partial charge is 0.507 e. The van der Waals surface area contributed by atoms with Gasteiger partial charge in [-0.15, -0.1) is 0 Å². The van der Waals surface area contributed by atoms with Crippen molar-refractivity contribution >= 4 is 33.9 Å². The maximum atomic E-state index is 13.5. The first-order chi connectivity index (χ1) is 16.9. The number of aliphatic hydroxyl groups is 1. The van der Waals surface area contributed by atoms with Gasteiger partial charge in [-0.25, -0.2) is 0 Å². The van der Waals surface area contributed by atoms with E-state index in [0.29, 0.717) is 22.6 Å². The van der Waals surface area contributed by atoms with Crippen LogP contribution in [0.15, 0.2) is 90.5 Å². The molecule has 1 atom stereocenters. The summed E-state index contributed by atoms with van der Waals surface area (Å²) in [7, 11) is 1.57. The fourth-order valence-electron chi connectivity index (χ4n) is 4.76. The topological polar surface area (TPSA) is 66.8 Å². The number of ether oxygens (including phenoxy) is 1. The van der Waals surface area contributed by atoms with Gasteiger partial charge in [-0.1, -0.05) is 66.7 Å². The predicted molar refractivity (Wildman–Crippen MR) is 138 cm³/mol. The van der Waals surface area contributed by atoms with Crippen LogP contribution in [0.5, 0.6) is 5.75 Å². The van der Waals surface area contributed by atoms with Gasteiger partial charge in [0.1, 0.15) is 11.5 Å². The predicted octanol–water partition coefficient (Wildman–Crippen LogP) is 6.09. The van der Waals surface area contributed by atoms with Crippen LogP contribution in [-0.4, -0.2) is 23.9 Å². The van der Waals surface area contributed by atoms with E-state index in [2.05, 4.69) is 0 Å². The number of anilines is 1. The normalized spacial score (nSPS) is 17.2. The zero-order chi connectivity index (χ0) is 24.7. The molecule has 4 aromatic rings. The lowest BCUT2D eigenvalue weighted by Crippen LogP contribution is -2.30. The Morgan fingerprint density at radius 3 is 2.43 bits per heavy atom. The lowest BCUT2D eigenvalue weighted by Gasteiger charge is -2.27. The van der Waals surface area contributed by atoms with Gasteiger partial charge in [-0.3, -0.25) is 14.5 Å². The summed E-state index contributed by atoms with van der Waals surface area (Å²) in [5, 5.41) is 13.3. The Morgan fingerprint density at radius 1 is 0.886 bits per heavy atom. The van der Waals surface area contributed by atoms with Gasteiger partial charge in [0, 0.05) is 11.3 Å². The Labute approximate surface area is 203 Å². The molecule has 0 radical (unpaired) electrons. The first kappa shape index (κ1) is 22.4. The van der Waals surface area contributed by atoms with E-state index in [1.54, 1.807) is 25.3 Å². The van der Waals surface area contributed by atoms with E-state index in [1.807, 2.05) is 80.6 Å². The average Bonchev–Trinajstić information content (AvgIpc) is 3.15. The molecule has 1 saturated heterocycles. The van der Waals surface area contributed by atoms with E-state index in [9.17, 15) is 14.7 Å². The number of carbonyl (C=O) groups is 2. The first-order valence-corrected chi connectivity index (χ1v) is 11.4. The number of aryl methyl sites for hydroxylation is 2. The molecule has 0 aliphatic carbocycles. The zero-order valence-corrected chi connectivity index (χ0v) is 19.8. The van der Waals surface area contributed by atoms with Gasteiger partial charge >= 0.3 is 0 Å². The van der Waals surface area contributed by atoms with Crippen LogP contribution in [0.4, 0.5) is 5.69 Å². The van der Waals surface area contributed by atoms with Gasteiger partial charge in [0.2, 0.25) is 0 Å². The summed E-state index contributed by atoms with van der Waals surface area (Å²) < 4.78 is 5.42. The number of fused-ring (bicyclic) bond motifs is 1. The molecule has 1 amide bonds. The SMILES string of the molecule is COc1cccc(C2/C(=C(/O)c3cccc4ccccc34)C(=O)C(=O)N2c2cc(C)ccc2C)c1.